The molecule has 1 N–H and O–H groups in total. The van der Waals surface area contributed by atoms with Gasteiger partial charge in [0.1, 0.15) is 12.1 Å². The van der Waals surface area contributed by atoms with E-state index in [0.29, 0.717) is 16.9 Å². The minimum absolute atomic E-state index is 0.209. The number of rotatable bonds is 5. The summed E-state index contributed by atoms with van der Waals surface area (Å²) in [5, 5.41) is 11.0. The summed E-state index contributed by atoms with van der Waals surface area (Å²) in [5.74, 6) is -0.610. The van der Waals surface area contributed by atoms with Crippen molar-refractivity contribution in [3.05, 3.63) is 54.0 Å². The lowest BCUT2D eigenvalue weighted by Gasteiger charge is -2.28. The van der Waals surface area contributed by atoms with Crippen molar-refractivity contribution >= 4 is 22.5 Å². The molecule has 0 fully saturated rings. The van der Waals surface area contributed by atoms with E-state index < -0.39 is 30.1 Å². The Balaban J connectivity index is 1.96. The Labute approximate surface area is 189 Å². The summed E-state index contributed by atoms with van der Waals surface area (Å²) in [6.07, 6.45) is -5.80. The lowest BCUT2D eigenvalue weighted by Crippen LogP contribution is -2.51. The average Bonchev–Trinajstić information content (AvgIpc) is 2.75. The third-order valence-corrected chi connectivity index (χ3v) is 5.94. The highest BCUT2D eigenvalue weighted by Gasteiger charge is 2.40. The molecule has 9 heteroatoms. The minimum atomic E-state index is -4.79. The van der Waals surface area contributed by atoms with Gasteiger partial charge < -0.3 is 5.11 Å². The normalized spacial score (nSPS) is 15.3. The number of aryl methyl sites for hydroxylation is 1. The van der Waals surface area contributed by atoms with Crippen LogP contribution < -0.4 is 4.48 Å². The smallest absolute Gasteiger partial charge is 0.378 e. The van der Waals surface area contributed by atoms with Crippen LogP contribution in [0.1, 0.15) is 31.2 Å². The van der Waals surface area contributed by atoms with Gasteiger partial charge in [-0.2, -0.15) is 13.2 Å². The quantitative estimate of drug-likeness (QED) is 0.412. The molecular weight excluding hydrogens is 438 g/mol. The molecule has 1 unspecified atom stereocenters. The van der Waals surface area contributed by atoms with E-state index in [1.54, 1.807) is 46.3 Å². The van der Waals surface area contributed by atoms with Gasteiger partial charge in [-0.25, -0.2) is 18.7 Å². The Morgan fingerprint density at radius 3 is 2.27 bits per heavy atom. The van der Waals surface area contributed by atoms with Crippen LogP contribution in [-0.2, 0) is 4.79 Å². The van der Waals surface area contributed by atoms with Crippen LogP contribution in [0.15, 0.2) is 42.7 Å². The van der Waals surface area contributed by atoms with E-state index in [2.05, 4.69) is 9.97 Å². The zero-order valence-corrected chi connectivity index (χ0v) is 19.0. The van der Waals surface area contributed by atoms with Gasteiger partial charge in [0.2, 0.25) is 5.82 Å². The molecule has 3 aromatic rings. The number of amides is 1. The summed E-state index contributed by atoms with van der Waals surface area (Å²) in [6.45, 7) is 4.55. The molecule has 2 heterocycles. The zero-order chi connectivity index (χ0) is 24.7. The molecule has 0 saturated heterocycles. The fraction of sp³-hybridized carbons (Fsp3) is 0.375. The Kier molecular flexibility index (Phi) is 6.59. The third-order valence-electron chi connectivity index (χ3n) is 5.94. The molecule has 1 amide bonds. The van der Waals surface area contributed by atoms with Crippen molar-refractivity contribution in [1.29, 1.82) is 0 Å². The predicted molar refractivity (Wildman–Crippen MR) is 119 cm³/mol. The van der Waals surface area contributed by atoms with E-state index >= 15 is 0 Å². The second-order valence-electron chi connectivity index (χ2n) is 8.73. The fourth-order valence-corrected chi connectivity index (χ4v) is 3.62. The molecule has 33 heavy (non-hydrogen) atoms. The maximum Gasteiger partial charge on any atom is 0.420 e. The first-order valence-corrected chi connectivity index (χ1v) is 10.4. The fourth-order valence-electron chi connectivity index (χ4n) is 3.62. The highest BCUT2D eigenvalue weighted by Crippen LogP contribution is 2.34. The third kappa shape index (κ3) is 4.89. The Bertz CT molecular complexity index is 1190. The molecule has 176 valence electrons. The number of hydrogen-bond donors (Lipinski definition) is 1. The van der Waals surface area contributed by atoms with Crippen molar-refractivity contribution in [2.24, 2.45) is 5.92 Å². The summed E-state index contributed by atoms with van der Waals surface area (Å²) in [5.41, 5.74) is 1.42. The molecule has 5 nitrogen and oxygen atoms in total. The van der Waals surface area contributed by atoms with Gasteiger partial charge in [-0.05, 0) is 49.4 Å². The molecule has 0 spiro atoms. The molecular formula is C24H26F4N3O2+. The van der Waals surface area contributed by atoms with Crippen LogP contribution in [0.3, 0.4) is 0 Å². The first kappa shape index (κ1) is 24.7. The molecule has 3 atom stereocenters. The molecule has 0 saturated carbocycles. The van der Waals surface area contributed by atoms with Crippen LogP contribution in [0.25, 0.3) is 21.9 Å². The Hall–Kier alpha value is -2.91. The SMILES string of the molecule is Cc1cc(C(O)C(F)(F)F)ncc1-c1ccc2cc([N+](C)(C)C(=O)[C@H](C)[C@H](C)F)ncc2c1. The van der Waals surface area contributed by atoms with Crippen molar-refractivity contribution in [2.45, 2.75) is 39.2 Å². The molecule has 0 aliphatic rings. The van der Waals surface area contributed by atoms with E-state index in [-0.39, 0.29) is 10.4 Å². The van der Waals surface area contributed by atoms with E-state index in [4.69, 9.17) is 0 Å². The number of benzene rings is 1. The van der Waals surface area contributed by atoms with Crippen LogP contribution in [-0.4, -0.2) is 47.4 Å². The molecule has 1 aromatic carbocycles. The summed E-state index contributed by atoms with van der Waals surface area (Å²) < 4.78 is 51.8. The minimum Gasteiger partial charge on any atom is -0.378 e. The zero-order valence-electron chi connectivity index (χ0n) is 19.0. The van der Waals surface area contributed by atoms with Crippen LogP contribution in [0.5, 0.6) is 0 Å². The molecule has 0 aliphatic heterocycles. The van der Waals surface area contributed by atoms with Crippen LogP contribution >= 0.6 is 0 Å². The van der Waals surface area contributed by atoms with Crippen molar-refractivity contribution in [1.82, 2.24) is 14.5 Å². The summed E-state index contributed by atoms with van der Waals surface area (Å²) >= 11 is 0. The van der Waals surface area contributed by atoms with Gasteiger partial charge in [-0.15, -0.1) is 0 Å². The highest BCUT2D eigenvalue weighted by atomic mass is 19.4. The van der Waals surface area contributed by atoms with Crippen molar-refractivity contribution in [3.8, 4) is 11.1 Å². The molecule has 3 rings (SSSR count). The summed E-state index contributed by atoms with van der Waals surface area (Å²) in [4.78, 5) is 21.0. The topological polar surface area (TPSA) is 63.1 Å². The number of aromatic nitrogens is 2. The standard InChI is InChI=1S/C24H26F4N3O2/c1-13-8-20(22(32)24(26,27)28)29-12-19(13)17-7-6-16-10-21(30-11-18(16)9-17)31(4,5)23(33)14(2)15(3)25/h6-12,14-15,22,32H,1-5H3/q+1/t14-,15+,22?/m1/s1. The Morgan fingerprint density at radius 1 is 1.03 bits per heavy atom. The number of alkyl halides is 4. The van der Waals surface area contributed by atoms with E-state index in [9.17, 15) is 27.5 Å². The average molecular weight is 464 g/mol. The molecule has 0 bridgehead atoms. The summed E-state index contributed by atoms with van der Waals surface area (Å²) in [7, 11) is 3.32. The van der Waals surface area contributed by atoms with Crippen molar-refractivity contribution < 1.29 is 27.5 Å². The van der Waals surface area contributed by atoms with Gasteiger partial charge in [-0.3, -0.25) is 4.98 Å². The van der Waals surface area contributed by atoms with Crippen LogP contribution in [0.2, 0.25) is 0 Å². The van der Waals surface area contributed by atoms with Gasteiger partial charge in [0.15, 0.2) is 6.10 Å². The van der Waals surface area contributed by atoms with Gasteiger partial charge >= 0.3 is 12.1 Å². The molecule has 2 aromatic heterocycles. The number of aliphatic hydroxyl groups is 1. The number of aliphatic hydroxyl groups excluding tert-OH is 1. The second-order valence-corrected chi connectivity index (χ2v) is 8.73. The predicted octanol–water partition coefficient (Wildman–Crippen LogP) is 5.29. The highest BCUT2D eigenvalue weighted by molar-refractivity contribution is 5.93. The first-order valence-electron chi connectivity index (χ1n) is 10.4. The molecule has 0 radical (unpaired) electrons. The Morgan fingerprint density at radius 2 is 1.70 bits per heavy atom. The number of nitrogens with zero attached hydrogens (tertiary/aromatic N) is 3. The second kappa shape index (κ2) is 8.79. The van der Waals surface area contributed by atoms with Gasteiger partial charge in [-0.1, -0.05) is 12.1 Å². The lowest BCUT2D eigenvalue weighted by atomic mass is 9.99. The number of hydrogen-bond acceptors (Lipinski definition) is 4. The number of carbonyl (C=O) groups excluding carboxylic acids is 1. The van der Waals surface area contributed by atoms with Crippen molar-refractivity contribution in [2.75, 3.05) is 14.1 Å². The van der Waals surface area contributed by atoms with Gasteiger partial charge in [0.05, 0.1) is 19.8 Å². The monoisotopic (exact) mass is 464 g/mol. The number of halogens is 4. The summed E-state index contributed by atoms with van der Waals surface area (Å²) in [6, 6.07) is 8.42. The van der Waals surface area contributed by atoms with E-state index in [1.165, 1.54) is 19.2 Å². The molecule has 0 aliphatic carbocycles. The largest absolute Gasteiger partial charge is 0.420 e. The number of carbonyl (C=O) groups is 1. The lowest BCUT2D eigenvalue weighted by molar-refractivity contribution is -0.207. The van der Waals surface area contributed by atoms with Crippen molar-refractivity contribution in [3.63, 3.8) is 0 Å². The maximum absolute atomic E-state index is 13.7. The first-order chi connectivity index (χ1) is 15.2. The maximum atomic E-state index is 13.7. The number of fused-ring (bicyclic) bond motifs is 1. The number of pyridine rings is 2. The number of quaternary nitrogens is 1. The van der Waals surface area contributed by atoms with Gasteiger partial charge in [0, 0.05) is 29.4 Å². The van der Waals surface area contributed by atoms with Crippen LogP contribution in [0.4, 0.5) is 23.4 Å². The van der Waals surface area contributed by atoms with E-state index in [1.807, 2.05) is 12.1 Å². The van der Waals surface area contributed by atoms with Crippen LogP contribution in [0, 0.1) is 12.8 Å². The van der Waals surface area contributed by atoms with E-state index in [0.717, 1.165) is 16.3 Å². The van der Waals surface area contributed by atoms with Gasteiger partial charge in [0.25, 0.3) is 0 Å².